The first-order valence-corrected chi connectivity index (χ1v) is 9.17. The number of barbiturate groups is 1. The first kappa shape index (κ1) is 19.8. The summed E-state index contributed by atoms with van der Waals surface area (Å²) in [4.78, 5) is 48.8. The predicted molar refractivity (Wildman–Crippen MR) is 111 cm³/mol. The first-order valence-electron chi connectivity index (χ1n) is 9.17. The molecule has 0 atom stereocenters. The fraction of sp³-hybridized carbons (Fsp3) is 0.0455. The fourth-order valence-electron chi connectivity index (χ4n) is 3.18. The van der Waals surface area contributed by atoms with E-state index < -0.39 is 22.8 Å². The molecule has 4 rings (SSSR count). The van der Waals surface area contributed by atoms with E-state index in [1.54, 1.807) is 49.4 Å². The van der Waals surface area contributed by atoms with Crippen LogP contribution in [0.3, 0.4) is 0 Å². The van der Waals surface area contributed by atoms with Crippen LogP contribution in [-0.2, 0) is 9.59 Å². The number of carbonyl (C=O) groups excluding carboxylic acids is 3. The summed E-state index contributed by atoms with van der Waals surface area (Å²) in [7, 11) is 0. The first-order chi connectivity index (χ1) is 14.8. The van der Waals surface area contributed by atoms with Gasteiger partial charge in [0, 0.05) is 17.7 Å². The Balaban J connectivity index is 1.69. The highest BCUT2D eigenvalue weighted by atomic mass is 16.6. The molecular weight excluding hydrogens is 402 g/mol. The molecular formula is C22H15N3O6. The van der Waals surface area contributed by atoms with Crippen molar-refractivity contribution in [2.24, 2.45) is 0 Å². The molecule has 31 heavy (non-hydrogen) atoms. The average molecular weight is 417 g/mol. The number of carbonyl (C=O) groups is 3. The molecule has 1 aliphatic rings. The number of anilines is 1. The molecule has 2 aromatic carbocycles. The third-order valence-corrected chi connectivity index (χ3v) is 4.73. The maximum atomic E-state index is 12.9. The van der Waals surface area contributed by atoms with Crippen molar-refractivity contribution in [3.05, 3.63) is 87.7 Å². The van der Waals surface area contributed by atoms with Crippen LogP contribution in [0, 0.1) is 17.0 Å². The molecule has 9 nitrogen and oxygen atoms in total. The summed E-state index contributed by atoms with van der Waals surface area (Å²) in [6.45, 7) is 1.78. The highest BCUT2D eigenvalue weighted by Crippen LogP contribution is 2.30. The molecule has 1 aliphatic heterocycles. The smallest absolute Gasteiger partial charge is 0.335 e. The number of imide groups is 2. The van der Waals surface area contributed by atoms with Crippen molar-refractivity contribution >= 4 is 35.3 Å². The van der Waals surface area contributed by atoms with Crippen LogP contribution in [-0.4, -0.2) is 22.8 Å². The minimum Gasteiger partial charge on any atom is -0.457 e. The van der Waals surface area contributed by atoms with E-state index in [0.29, 0.717) is 17.0 Å². The van der Waals surface area contributed by atoms with Gasteiger partial charge in [0.2, 0.25) is 0 Å². The van der Waals surface area contributed by atoms with Gasteiger partial charge in [-0.05, 0) is 42.8 Å². The van der Waals surface area contributed by atoms with Gasteiger partial charge in [-0.25, -0.2) is 9.69 Å². The molecule has 154 valence electrons. The summed E-state index contributed by atoms with van der Waals surface area (Å²) < 4.78 is 5.72. The topological polar surface area (TPSA) is 123 Å². The van der Waals surface area contributed by atoms with E-state index >= 15 is 0 Å². The van der Waals surface area contributed by atoms with E-state index in [9.17, 15) is 24.5 Å². The number of non-ortho nitro benzene ring substituents is 1. The quantitative estimate of drug-likeness (QED) is 0.298. The van der Waals surface area contributed by atoms with Crippen LogP contribution in [0.15, 0.2) is 70.7 Å². The van der Waals surface area contributed by atoms with Crippen molar-refractivity contribution in [1.29, 1.82) is 0 Å². The Morgan fingerprint density at radius 1 is 1.03 bits per heavy atom. The summed E-state index contributed by atoms with van der Waals surface area (Å²) in [5.41, 5.74) is 1.22. The second-order valence-electron chi connectivity index (χ2n) is 6.75. The maximum absolute atomic E-state index is 12.9. The summed E-state index contributed by atoms with van der Waals surface area (Å²) >= 11 is 0. The minimum absolute atomic E-state index is 0.0873. The average Bonchev–Trinajstić information content (AvgIpc) is 3.20. The van der Waals surface area contributed by atoms with E-state index in [1.165, 1.54) is 24.3 Å². The van der Waals surface area contributed by atoms with Crippen molar-refractivity contribution in [3.63, 3.8) is 0 Å². The summed E-state index contributed by atoms with van der Waals surface area (Å²) in [5.74, 6) is -1.11. The zero-order valence-electron chi connectivity index (χ0n) is 16.2. The van der Waals surface area contributed by atoms with Gasteiger partial charge in [0.25, 0.3) is 17.5 Å². The summed E-state index contributed by atoms with van der Waals surface area (Å²) in [6.07, 6.45) is 1.23. The molecule has 1 N–H and O–H groups in total. The van der Waals surface area contributed by atoms with Gasteiger partial charge in [0.15, 0.2) is 0 Å². The van der Waals surface area contributed by atoms with Gasteiger partial charge in [0.05, 0.1) is 10.6 Å². The van der Waals surface area contributed by atoms with Gasteiger partial charge in [-0.1, -0.05) is 24.3 Å². The normalized spacial score (nSPS) is 15.3. The number of aryl methyl sites for hydroxylation is 1. The standard InChI is InChI=1S/C22H15N3O6/c1-13-7-8-15(25(29)30)11-17(13)19-10-9-16(31-19)12-18-20(26)23-22(28)24(21(18)27)14-5-3-2-4-6-14/h2-12H,1H3,(H,23,26,28)/b18-12+. The lowest BCUT2D eigenvalue weighted by molar-refractivity contribution is -0.384. The van der Waals surface area contributed by atoms with Gasteiger partial charge >= 0.3 is 6.03 Å². The van der Waals surface area contributed by atoms with Crippen molar-refractivity contribution in [3.8, 4) is 11.3 Å². The molecule has 0 bridgehead atoms. The lowest BCUT2D eigenvalue weighted by atomic mass is 10.1. The van der Waals surface area contributed by atoms with Gasteiger partial charge < -0.3 is 4.42 Å². The molecule has 0 spiro atoms. The molecule has 1 saturated heterocycles. The van der Waals surface area contributed by atoms with Crippen molar-refractivity contribution in [2.75, 3.05) is 4.90 Å². The molecule has 9 heteroatoms. The molecule has 1 aromatic heterocycles. The van der Waals surface area contributed by atoms with Gasteiger partial charge in [0.1, 0.15) is 17.1 Å². The van der Waals surface area contributed by atoms with Crippen molar-refractivity contribution in [1.82, 2.24) is 5.32 Å². The zero-order valence-corrected chi connectivity index (χ0v) is 16.2. The number of urea groups is 1. The molecule has 0 aliphatic carbocycles. The third-order valence-electron chi connectivity index (χ3n) is 4.73. The van der Waals surface area contributed by atoms with Crippen molar-refractivity contribution in [2.45, 2.75) is 6.92 Å². The number of nitro groups is 1. The van der Waals surface area contributed by atoms with Crippen LogP contribution in [0.2, 0.25) is 0 Å². The number of para-hydroxylation sites is 1. The van der Waals surface area contributed by atoms with Gasteiger partial charge in [-0.2, -0.15) is 0 Å². The number of amides is 4. The molecule has 0 unspecified atom stereocenters. The number of nitrogens with zero attached hydrogens (tertiary/aromatic N) is 2. The number of benzene rings is 2. The summed E-state index contributed by atoms with van der Waals surface area (Å²) in [5, 5.41) is 13.2. The number of hydrogen-bond donors (Lipinski definition) is 1. The third kappa shape index (κ3) is 3.71. The van der Waals surface area contributed by atoms with Crippen LogP contribution >= 0.6 is 0 Å². The number of hydrogen-bond acceptors (Lipinski definition) is 6. The van der Waals surface area contributed by atoms with E-state index in [0.717, 1.165) is 10.5 Å². The van der Waals surface area contributed by atoms with Crippen LogP contribution in [0.1, 0.15) is 11.3 Å². The van der Waals surface area contributed by atoms with E-state index in [-0.39, 0.29) is 17.0 Å². The molecule has 4 amide bonds. The summed E-state index contributed by atoms with van der Waals surface area (Å²) in [6, 6.07) is 14.9. The van der Waals surface area contributed by atoms with E-state index in [2.05, 4.69) is 5.32 Å². The molecule has 2 heterocycles. The number of rotatable bonds is 4. The zero-order chi connectivity index (χ0) is 22.1. The van der Waals surface area contributed by atoms with Crippen LogP contribution in [0.5, 0.6) is 0 Å². The van der Waals surface area contributed by atoms with Gasteiger partial charge in [-0.3, -0.25) is 25.0 Å². The fourth-order valence-corrected chi connectivity index (χ4v) is 3.18. The highest BCUT2D eigenvalue weighted by molar-refractivity contribution is 6.39. The van der Waals surface area contributed by atoms with E-state index in [1.807, 2.05) is 0 Å². The monoisotopic (exact) mass is 417 g/mol. The molecule has 1 fully saturated rings. The SMILES string of the molecule is Cc1ccc([N+](=O)[O-])cc1-c1ccc(/C=C2\C(=O)NC(=O)N(c3ccccc3)C2=O)o1. The second-order valence-corrected chi connectivity index (χ2v) is 6.75. The largest absolute Gasteiger partial charge is 0.457 e. The maximum Gasteiger partial charge on any atom is 0.335 e. The number of nitro benzene ring substituents is 1. The molecule has 0 radical (unpaired) electrons. The molecule has 3 aromatic rings. The Kier molecular flexibility index (Phi) is 4.92. The van der Waals surface area contributed by atoms with Crippen LogP contribution in [0.4, 0.5) is 16.2 Å². The number of furan rings is 1. The Bertz CT molecular complexity index is 1260. The van der Waals surface area contributed by atoms with Crippen LogP contribution in [0.25, 0.3) is 17.4 Å². The Morgan fingerprint density at radius 2 is 1.77 bits per heavy atom. The Morgan fingerprint density at radius 3 is 2.48 bits per heavy atom. The Hall–Kier alpha value is -4.53. The predicted octanol–water partition coefficient (Wildman–Crippen LogP) is 3.83. The number of nitrogens with one attached hydrogen (secondary N) is 1. The van der Waals surface area contributed by atoms with E-state index in [4.69, 9.17) is 4.42 Å². The minimum atomic E-state index is -0.842. The Labute approximate surface area is 175 Å². The van der Waals surface area contributed by atoms with Gasteiger partial charge in [-0.15, -0.1) is 0 Å². The molecule has 0 saturated carbocycles. The van der Waals surface area contributed by atoms with Crippen molar-refractivity contribution < 1.29 is 23.7 Å². The lowest BCUT2D eigenvalue weighted by Crippen LogP contribution is -2.54. The highest BCUT2D eigenvalue weighted by Gasteiger charge is 2.37. The van der Waals surface area contributed by atoms with Crippen LogP contribution < -0.4 is 10.2 Å². The second kappa shape index (κ2) is 7.71. The lowest BCUT2D eigenvalue weighted by Gasteiger charge is -2.26.